The number of hydrogen-bond donors (Lipinski definition) is 2. The number of hydrogen-bond acceptors (Lipinski definition) is 4. The van der Waals surface area contributed by atoms with E-state index >= 15 is 0 Å². The quantitative estimate of drug-likeness (QED) is 0.823. The zero-order valence-corrected chi connectivity index (χ0v) is 9.85. The van der Waals surface area contributed by atoms with Gasteiger partial charge in [0.15, 0.2) is 0 Å². The maximum absolute atomic E-state index is 6.32. The standard InChI is InChI=1S/C11H19N3S/c12-11(4-2-1-3-5-11)8-13-6-10-7-14-9-15-10/h7,9,13H,1-6,8,12H2. The van der Waals surface area contributed by atoms with Gasteiger partial charge in [0.05, 0.1) is 5.51 Å². The molecule has 15 heavy (non-hydrogen) atoms. The number of rotatable bonds is 4. The van der Waals surface area contributed by atoms with Crippen molar-refractivity contribution >= 4 is 11.3 Å². The molecule has 0 radical (unpaired) electrons. The summed E-state index contributed by atoms with van der Waals surface area (Å²) in [6.45, 7) is 1.84. The predicted molar refractivity (Wildman–Crippen MR) is 63.8 cm³/mol. The first-order valence-corrected chi connectivity index (χ1v) is 6.53. The van der Waals surface area contributed by atoms with Crippen LogP contribution < -0.4 is 11.1 Å². The van der Waals surface area contributed by atoms with Gasteiger partial charge in [-0.25, -0.2) is 0 Å². The van der Waals surface area contributed by atoms with Crippen LogP contribution >= 0.6 is 11.3 Å². The first-order valence-electron chi connectivity index (χ1n) is 5.65. The largest absolute Gasteiger partial charge is 0.324 e. The average Bonchev–Trinajstić information content (AvgIpc) is 2.71. The summed E-state index contributed by atoms with van der Waals surface area (Å²) in [5, 5.41) is 3.44. The fourth-order valence-corrected chi connectivity index (χ4v) is 2.76. The van der Waals surface area contributed by atoms with Crippen molar-refractivity contribution in [3.05, 3.63) is 16.6 Å². The van der Waals surface area contributed by atoms with E-state index in [2.05, 4.69) is 10.3 Å². The highest BCUT2D eigenvalue weighted by atomic mass is 32.1. The van der Waals surface area contributed by atoms with Gasteiger partial charge in [0.1, 0.15) is 0 Å². The Morgan fingerprint density at radius 2 is 2.20 bits per heavy atom. The molecular formula is C11H19N3S. The van der Waals surface area contributed by atoms with Gasteiger partial charge in [0.25, 0.3) is 0 Å². The highest BCUT2D eigenvalue weighted by Crippen LogP contribution is 2.25. The Balaban J connectivity index is 1.72. The second kappa shape index (κ2) is 5.05. The molecule has 0 bridgehead atoms. The van der Waals surface area contributed by atoms with Crippen LogP contribution in [0.5, 0.6) is 0 Å². The normalized spacial score (nSPS) is 20.3. The monoisotopic (exact) mass is 225 g/mol. The van der Waals surface area contributed by atoms with E-state index in [9.17, 15) is 0 Å². The third-order valence-electron chi connectivity index (χ3n) is 3.11. The minimum atomic E-state index is 0.0446. The molecule has 84 valence electrons. The number of nitrogens with two attached hydrogens (primary N) is 1. The third kappa shape index (κ3) is 3.26. The fourth-order valence-electron chi connectivity index (χ4n) is 2.20. The van der Waals surface area contributed by atoms with Crippen LogP contribution in [0.4, 0.5) is 0 Å². The summed E-state index contributed by atoms with van der Waals surface area (Å²) in [5.74, 6) is 0. The maximum atomic E-state index is 6.32. The highest BCUT2D eigenvalue weighted by molar-refractivity contribution is 7.09. The Hall–Kier alpha value is -0.450. The van der Waals surface area contributed by atoms with E-state index in [4.69, 9.17) is 5.73 Å². The molecule has 2 rings (SSSR count). The molecule has 1 aromatic heterocycles. The number of nitrogens with zero attached hydrogens (tertiary/aromatic N) is 1. The second-order valence-electron chi connectivity index (χ2n) is 4.49. The first kappa shape index (κ1) is 11.0. The van der Waals surface area contributed by atoms with Crippen LogP contribution in [0.3, 0.4) is 0 Å². The van der Waals surface area contributed by atoms with Crippen LogP contribution in [-0.4, -0.2) is 17.1 Å². The number of nitrogens with one attached hydrogen (secondary N) is 1. The first-order chi connectivity index (χ1) is 7.29. The van der Waals surface area contributed by atoms with E-state index in [1.54, 1.807) is 11.3 Å². The molecule has 0 spiro atoms. The molecule has 3 nitrogen and oxygen atoms in total. The number of thiazole rings is 1. The molecular weight excluding hydrogens is 206 g/mol. The highest BCUT2D eigenvalue weighted by Gasteiger charge is 2.26. The summed E-state index contributed by atoms with van der Waals surface area (Å²) < 4.78 is 0. The second-order valence-corrected chi connectivity index (χ2v) is 5.47. The van der Waals surface area contributed by atoms with Crippen LogP contribution in [-0.2, 0) is 6.54 Å². The summed E-state index contributed by atoms with van der Waals surface area (Å²) in [7, 11) is 0. The molecule has 0 saturated heterocycles. The van der Waals surface area contributed by atoms with Gasteiger partial charge in [-0.15, -0.1) is 11.3 Å². The van der Waals surface area contributed by atoms with E-state index in [1.165, 1.54) is 37.0 Å². The van der Waals surface area contributed by atoms with Gasteiger partial charge in [-0.1, -0.05) is 19.3 Å². The molecule has 1 aliphatic carbocycles. The van der Waals surface area contributed by atoms with Gasteiger partial charge in [-0.05, 0) is 12.8 Å². The molecule has 1 saturated carbocycles. The number of aromatic nitrogens is 1. The van der Waals surface area contributed by atoms with E-state index in [0.29, 0.717) is 0 Å². The van der Waals surface area contributed by atoms with Crippen molar-refractivity contribution in [3.8, 4) is 0 Å². The molecule has 0 aliphatic heterocycles. The Bertz CT molecular complexity index is 278. The summed E-state index contributed by atoms with van der Waals surface area (Å²) in [5.41, 5.74) is 8.24. The third-order valence-corrected chi connectivity index (χ3v) is 3.89. The summed E-state index contributed by atoms with van der Waals surface area (Å²) in [6, 6.07) is 0. The van der Waals surface area contributed by atoms with Crippen molar-refractivity contribution in [2.45, 2.75) is 44.2 Å². The average molecular weight is 225 g/mol. The molecule has 1 aliphatic rings. The van der Waals surface area contributed by atoms with Gasteiger partial charge in [-0.2, -0.15) is 0 Å². The van der Waals surface area contributed by atoms with Gasteiger partial charge < -0.3 is 11.1 Å². The lowest BCUT2D eigenvalue weighted by Gasteiger charge is -2.33. The zero-order valence-electron chi connectivity index (χ0n) is 9.04. The van der Waals surface area contributed by atoms with Crippen LogP contribution in [0.15, 0.2) is 11.7 Å². The summed E-state index contributed by atoms with van der Waals surface area (Å²) in [6.07, 6.45) is 8.19. The smallest absolute Gasteiger partial charge is 0.0794 e. The predicted octanol–water partition coefficient (Wildman–Crippen LogP) is 1.89. The molecule has 3 N–H and O–H groups in total. The van der Waals surface area contributed by atoms with Gasteiger partial charge in [0, 0.05) is 29.7 Å². The molecule has 0 atom stereocenters. The Morgan fingerprint density at radius 3 is 2.87 bits per heavy atom. The van der Waals surface area contributed by atoms with Crippen LogP contribution in [0.1, 0.15) is 37.0 Å². The van der Waals surface area contributed by atoms with E-state index in [0.717, 1.165) is 13.1 Å². The molecule has 1 heterocycles. The van der Waals surface area contributed by atoms with E-state index in [1.807, 2.05) is 11.7 Å². The zero-order chi connectivity index (χ0) is 10.6. The molecule has 0 aromatic carbocycles. The summed E-state index contributed by atoms with van der Waals surface area (Å²) in [4.78, 5) is 5.34. The molecule has 1 aromatic rings. The lowest BCUT2D eigenvalue weighted by Crippen LogP contribution is -2.49. The van der Waals surface area contributed by atoms with Crippen molar-refractivity contribution in [2.75, 3.05) is 6.54 Å². The van der Waals surface area contributed by atoms with Gasteiger partial charge in [0.2, 0.25) is 0 Å². The maximum Gasteiger partial charge on any atom is 0.0794 e. The van der Waals surface area contributed by atoms with Crippen LogP contribution in [0.2, 0.25) is 0 Å². The Kier molecular flexibility index (Phi) is 3.72. The lowest BCUT2D eigenvalue weighted by molar-refractivity contribution is 0.283. The molecule has 0 unspecified atom stereocenters. The lowest BCUT2D eigenvalue weighted by atomic mass is 9.82. The fraction of sp³-hybridized carbons (Fsp3) is 0.727. The van der Waals surface area contributed by atoms with Crippen LogP contribution in [0.25, 0.3) is 0 Å². The van der Waals surface area contributed by atoms with Crippen molar-refractivity contribution in [1.82, 2.24) is 10.3 Å². The SMILES string of the molecule is NC1(CNCc2cncs2)CCCCC1. The van der Waals surface area contributed by atoms with Crippen molar-refractivity contribution in [1.29, 1.82) is 0 Å². The molecule has 1 fully saturated rings. The molecule has 4 heteroatoms. The topological polar surface area (TPSA) is 50.9 Å². The van der Waals surface area contributed by atoms with Crippen molar-refractivity contribution < 1.29 is 0 Å². The summed E-state index contributed by atoms with van der Waals surface area (Å²) >= 11 is 1.69. The van der Waals surface area contributed by atoms with E-state index < -0.39 is 0 Å². The Morgan fingerprint density at radius 1 is 1.40 bits per heavy atom. The van der Waals surface area contributed by atoms with E-state index in [-0.39, 0.29) is 5.54 Å². The minimum Gasteiger partial charge on any atom is -0.324 e. The van der Waals surface area contributed by atoms with Crippen molar-refractivity contribution in [2.24, 2.45) is 5.73 Å². The van der Waals surface area contributed by atoms with Gasteiger partial charge in [-0.3, -0.25) is 4.98 Å². The minimum absolute atomic E-state index is 0.0446. The van der Waals surface area contributed by atoms with Crippen molar-refractivity contribution in [3.63, 3.8) is 0 Å². The Labute approximate surface area is 95.1 Å². The van der Waals surface area contributed by atoms with Gasteiger partial charge >= 0.3 is 0 Å². The van der Waals surface area contributed by atoms with Crippen LogP contribution in [0, 0.1) is 0 Å². The molecule has 0 amide bonds.